The third kappa shape index (κ3) is 1.70. The van der Waals surface area contributed by atoms with E-state index in [1.54, 1.807) is 0 Å². The van der Waals surface area contributed by atoms with Gasteiger partial charge in [0.05, 0.1) is 0 Å². The first kappa shape index (κ1) is 7.76. The molecule has 8 heavy (non-hydrogen) atoms. The molecule has 0 bridgehead atoms. The van der Waals surface area contributed by atoms with Gasteiger partial charge < -0.3 is 0 Å². The van der Waals surface area contributed by atoms with Crippen LogP contribution < -0.4 is 5.32 Å². The minimum atomic E-state index is -0.329. The second kappa shape index (κ2) is 2.93. The van der Waals surface area contributed by atoms with Crippen LogP contribution in [0.3, 0.4) is 0 Å². The van der Waals surface area contributed by atoms with E-state index < -0.39 is 0 Å². The smallest absolute Gasteiger partial charge is 0.250 e. The van der Waals surface area contributed by atoms with E-state index in [1.807, 2.05) is 5.32 Å². The van der Waals surface area contributed by atoms with Gasteiger partial charge in [-0.25, -0.2) is 0 Å². The number of amides is 2. The molecular formula is C4H3BiNO2. The van der Waals surface area contributed by atoms with Crippen molar-refractivity contribution in [1.29, 1.82) is 0 Å². The van der Waals surface area contributed by atoms with Crippen LogP contribution in [0, 0.1) is 0 Å². The summed E-state index contributed by atoms with van der Waals surface area (Å²) in [5, 5.41) is 2.03. The fraction of sp³-hybridized carbons (Fsp3) is 0. The number of carbonyl (C=O) groups is 2. The minimum absolute atomic E-state index is 0. The molecule has 0 spiro atoms. The van der Waals surface area contributed by atoms with Crippen LogP contribution in [0.4, 0.5) is 0 Å². The Labute approximate surface area is 65.3 Å². The normalized spacial score (nSPS) is 15.5. The molecule has 0 aliphatic carbocycles. The summed E-state index contributed by atoms with van der Waals surface area (Å²) >= 11 is 0. The summed E-state index contributed by atoms with van der Waals surface area (Å²) in [5.74, 6) is -0.657. The van der Waals surface area contributed by atoms with Gasteiger partial charge in [0.2, 0.25) is 0 Å². The maximum absolute atomic E-state index is 10.0. The second-order valence-corrected chi connectivity index (χ2v) is 1.19. The van der Waals surface area contributed by atoms with Crippen molar-refractivity contribution in [2.75, 3.05) is 0 Å². The van der Waals surface area contributed by atoms with Crippen molar-refractivity contribution >= 4 is 38.0 Å². The molecule has 1 aliphatic rings. The van der Waals surface area contributed by atoms with E-state index in [0.717, 1.165) is 0 Å². The molecule has 1 rings (SSSR count). The van der Waals surface area contributed by atoms with Gasteiger partial charge in [-0.05, 0) is 0 Å². The van der Waals surface area contributed by atoms with Crippen molar-refractivity contribution in [1.82, 2.24) is 5.32 Å². The van der Waals surface area contributed by atoms with Crippen LogP contribution in [-0.4, -0.2) is 38.0 Å². The van der Waals surface area contributed by atoms with E-state index in [1.165, 1.54) is 12.2 Å². The second-order valence-electron chi connectivity index (χ2n) is 1.19. The third-order valence-corrected chi connectivity index (χ3v) is 0.632. The van der Waals surface area contributed by atoms with Gasteiger partial charge in [-0.2, -0.15) is 0 Å². The van der Waals surface area contributed by atoms with Crippen LogP contribution in [-0.2, 0) is 9.59 Å². The Hall–Kier alpha value is -0.237. The number of hydrogen-bond donors (Lipinski definition) is 1. The summed E-state index contributed by atoms with van der Waals surface area (Å²) in [4.78, 5) is 20.1. The molecule has 0 aromatic carbocycles. The van der Waals surface area contributed by atoms with Crippen LogP contribution in [0.2, 0.25) is 0 Å². The maximum Gasteiger partial charge on any atom is 0.250 e. The van der Waals surface area contributed by atoms with Crippen molar-refractivity contribution in [3.8, 4) is 0 Å². The summed E-state index contributed by atoms with van der Waals surface area (Å²) in [7, 11) is 0. The number of rotatable bonds is 0. The minimum Gasteiger partial charge on any atom is -0.289 e. The fourth-order valence-corrected chi connectivity index (χ4v) is 0.356. The van der Waals surface area contributed by atoms with Gasteiger partial charge in [-0.1, -0.05) is 0 Å². The molecule has 4 heteroatoms. The van der Waals surface area contributed by atoms with Gasteiger partial charge in [0.1, 0.15) is 0 Å². The fourth-order valence-electron chi connectivity index (χ4n) is 0.356. The van der Waals surface area contributed by atoms with E-state index in [4.69, 9.17) is 0 Å². The standard InChI is InChI=1S/C4H3NO2.Bi/c6-3-1-2-4(7)5-3;/h1-2H,(H,5,6,7);. The maximum atomic E-state index is 10.0. The van der Waals surface area contributed by atoms with Gasteiger partial charge in [0.25, 0.3) is 11.8 Å². The Morgan fingerprint density at radius 2 is 1.50 bits per heavy atom. The number of hydrogen-bond acceptors (Lipinski definition) is 2. The molecule has 0 atom stereocenters. The van der Waals surface area contributed by atoms with Crippen molar-refractivity contribution in [2.45, 2.75) is 0 Å². The Balaban J connectivity index is 0.000000490. The van der Waals surface area contributed by atoms with Crippen LogP contribution in [0.15, 0.2) is 12.2 Å². The zero-order valence-corrected chi connectivity index (χ0v) is 7.40. The first-order chi connectivity index (χ1) is 3.29. The summed E-state index contributed by atoms with van der Waals surface area (Å²) in [6.45, 7) is 0. The van der Waals surface area contributed by atoms with Crippen LogP contribution in [0.5, 0.6) is 0 Å². The predicted octanol–water partition coefficient (Wildman–Crippen LogP) is -1.18. The van der Waals surface area contributed by atoms with E-state index >= 15 is 0 Å². The monoisotopic (exact) mass is 306 g/mol. The molecule has 0 fully saturated rings. The number of carbonyl (C=O) groups excluding carboxylic acids is 2. The van der Waals surface area contributed by atoms with Crippen LogP contribution in [0.25, 0.3) is 0 Å². The Morgan fingerprint density at radius 1 is 1.12 bits per heavy atom. The van der Waals surface area contributed by atoms with E-state index in [0.29, 0.717) is 0 Å². The topological polar surface area (TPSA) is 46.2 Å². The van der Waals surface area contributed by atoms with Gasteiger partial charge >= 0.3 is 0 Å². The molecule has 0 unspecified atom stereocenters. The molecule has 3 radical (unpaired) electrons. The van der Waals surface area contributed by atoms with Gasteiger partial charge in [-0.15, -0.1) is 0 Å². The van der Waals surface area contributed by atoms with E-state index in [2.05, 4.69) is 0 Å². The average Bonchev–Trinajstić information content (AvgIpc) is 1.87. The Kier molecular flexibility index (Phi) is 2.84. The molecule has 0 aromatic heterocycles. The van der Waals surface area contributed by atoms with Gasteiger partial charge in [0, 0.05) is 38.4 Å². The van der Waals surface area contributed by atoms with Crippen molar-refractivity contribution in [3.05, 3.63) is 12.2 Å². The summed E-state index contributed by atoms with van der Waals surface area (Å²) in [5.41, 5.74) is 0. The molecule has 0 saturated carbocycles. The van der Waals surface area contributed by atoms with Gasteiger partial charge in [-0.3, -0.25) is 14.9 Å². The largest absolute Gasteiger partial charge is 0.289 e. The van der Waals surface area contributed by atoms with Crippen molar-refractivity contribution < 1.29 is 9.59 Å². The molecule has 0 saturated heterocycles. The predicted molar refractivity (Wildman–Crippen MR) is 28.0 cm³/mol. The first-order valence-electron chi connectivity index (χ1n) is 1.82. The summed E-state index contributed by atoms with van der Waals surface area (Å²) in [6, 6.07) is 0. The molecule has 41 valence electrons. The first-order valence-corrected chi connectivity index (χ1v) is 1.82. The quantitative estimate of drug-likeness (QED) is 0.452. The SMILES string of the molecule is O=C1C=CC(=O)N1.[Bi]. The van der Waals surface area contributed by atoms with Gasteiger partial charge in [0.15, 0.2) is 0 Å². The van der Waals surface area contributed by atoms with E-state index in [-0.39, 0.29) is 38.0 Å². The summed E-state index contributed by atoms with van der Waals surface area (Å²) in [6.07, 6.45) is 2.39. The Bertz CT molecular complexity index is 136. The van der Waals surface area contributed by atoms with E-state index in [9.17, 15) is 9.59 Å². The Morgan fingerprint density at radius 3 is 1.62 bits per heavy atom. The molecule has 1 aliphatic heterocycles. The van der Waals surface area contributed by atoms with Crippen LogP contribution in [0.1, 0.15) is 0 Å². The average molecular weight is 306 g/mol. The molecule has 1 N–H and O–H groups in total. The third-order valence-electron chi connectivity index (χ3n) is 0.632. The zero-order chi connectivity index (χ0) is 5.28. The summed E-state index contributed by atoms with van der Waals surface area (Å²) < 4.78 is 0. The molecule has 2 amide bonds. The molecule has 3 nitrogen and oxygen atoms in total. The van der Waals surface area contributed by atoms with Crippen LogP contribution >= 0.6 is 0 Å². The molecule has 1 heterocycles. The van der Waals surface area contributed by atoms with Crippen molar-refractivity contribution in [3.63, 3.8) is 0 Å². The molecule has 0 aromatic rings. The number of imide groups is 1. The molecular weight excluding hydrogens is 303 g/mol. The number of nitrogens with one attached hydrogen (secondary N) is 1. The zero-order valence-electron chi connectivity index (χ0n) is 3.92. The van der Waals surface area contributed by atoms with Crippen molar-refractivity contribution in [2.24, 2.45) is 0 Å².